The topological polar surface area (TPSA) is 75.4 Å². The van der Waals surface area contributed by atoms with Gasteiger partial charge in [-0.3, -0.25) is 9.59 Å². The molecule has 0 bridgehead atoms. The number of hydrogen-bond donors (Lipinski definition) is 2. The van der Waals surface area contributed by atoms with E-state index in [2.05, 4.69) is 5.32 Å². The monoisotopic (exact) mass is 261 g/mol. The molecular weight excluding hydrogens is 242 g/mol. The summed E-state index contributed by atoms with van der Waals surface area (Å²) in [6.45, 7) is 2.37. The number of nitrogens with two attached hydrogens (primary N) is 1. The van der Waals surface area contributed by atoms with Crippen LogP contribution in [-0.2, 0) is 9.59 Å². The highest BCUT2D eigenvalue weighted by Crippen LogP contribution is 2.23. The predicted molar refractivity (Wildman–Crippen MR) is 74.9 cm³/mol. The average molecular weight is 261 g/mol. The number of rotatable bonds is 3. The number of benzene rings is 1. The highest BCUT2D eigenvalue weighted by molar-refractivity contribution is 5.97. The molecule has 0 unspecified atom stereocenters. The van der Waals surface area contributed by atoms with Crippen molar-refractivity contribution in [3.63, 3.8) is 0 Å². The molecule has 2 amide bonds. The summed E-state index contributed by atoms with van der Waals surface area (Å²) >= 11 is 0. The van der Waals surface area contributed by atoms with Crippen molar-refractivity contribution in [1.82, 2.24) is 0 Å². The zero-order valence-corrected chi connectivity index (χ0v) is 11.1. The number of nitrogens with one attached hydrogen (secondary N) is 1. The smallest absolute Gasteiger partial charge is 0.240 e. The van der Waals surface area contributed by atoms with Gasteiger partial charge in [0.1, 0.15) is 0 Å². The van der Waals surface area contributed by atoms with E-state index in [1.165, 1.54) is 0 Å². The van der Waals surface area contributed by atoms with E-state index in [0.717, 1.165) is 25.1 Å². The van der Waals surface area contributed by atoms with Crippen LogP contribution in [0, 0.1) is 0 Å². The van der Waals surface area contributed by atoms with Crippen LogP contribution in [0.15, 0.2) is 24.3 Å². The second kappa shape index (κ2) is 5.84. The fourth-order valence-electron chi connectivity index (χ4n) is 2.09. The zero-order chi connectivity index (χ0) is 13.8. The number of piperidine rings is 1. The van der Waals surface area contributed by atoms with Crippen LogP contribution in [0.1, 0.15) is 26.2 Å². The maximum Gasteiger partial charge on any atom is 0.240 e. The first-order valence-electron chi connectivity index (χ1n) is 6.55. The fourth-order valence-corrected chi connectivity index (χ4v) is 2.09. The predicted octanol–water partition coefficient (Wildman–Crippen LogP) is 1.49. The van der Waals surface area contributed by atoms with Gasteiger partial charge in [0.25, 0.3) is 0 Å². The molecule has 0 aromatic heterocycles. The standard InChI is InChI=1S/C14H19N3O2/c1-10(15)14(19)16-11-5-4-6-12(9-11)17-8-3-2-7-13(17)18/h4-6,9-10H,2-3,7-8,15H2,1H3,(H,16,19)/t10-/m1/s1. The summed E-state index contributed by atoms with van der Waals surface area (Å²) in [7, 11) is 0. The summed E-state index contributed by atoms with van der Waals surface area (Å²) < 4.78 is 0. The lowest BCUT2D eigenvalue weighted by molar-refractivity contribution is -0.119. The molecular formula is C14H19N3O2. The molecule has 1 aromatic carbocycles. The molecule has 1 heterocycles. The molecule has 1 saturated heterocycles. The summed E-state index contributed by atoms with van der Waals surface area (Å²) in [5.74, 6) is -0.0935. The molecule has 0 saturated carbocycles. The number of anilines is 2. The van der Waals surface area contributed by atoms with E-state index < -0.39 is 6.04 Å². The van der Waals surface area contributed by atoms with Crippen LogP contribution >= 0.6 is 0 Å². The van der Waals surface area contributed by atoms with E-state index in [-0.39, 0.29) is 11.8 Å². The van der Waals surface area contributed by atoms with Crippen LogP contribution in [0.5, 0.6) is 0 Å². The lowest BCUT2D eigenvalue weighted by Gasteiger charge is -2.27. The second-order valence-corrected chi connectivity index (χ2v) is 4.83. The third kappa shape index (κ3) is 3.32. The lowest BCUT2D eigenvalue weighted by Crippen LogP contribution is -2.35. The third-order valence-electron chi connectivity index (χ3n) is 3.16. The molecule has 1 aliphatic heterocycles. The Hall–Kier alpha value is -1.88. The van der Waals surface area contributed by atoms with Crippen LogP contribution in [0.2, 0.25) is 0 Å². The van der Waals surface area contributed by atoms with E-state index in [1.807, 2.05) is 18.2 Å². The van der Waals surface area contributed by atoms with Gasteiger partial charge in [-0.15, -0.1) is 0 Å². The Morgan fingerprint density at radius 2 is 2.21 bits per heavy atom. The van der Waals surface area contributed by atoms with Crippen molar-refractivity contribution in [2.75, 3.05) is 16.8 Å². The number of amides is 2. The van der Waals surface area contributed by atoms with E-state index >= 15 is 0 Å². The number of carbonyl (C=O) groups is 2. The molecule has 1 fully saturated rings. The third-order valence-corrected chi connectivity index (χ3v) is 3.16. The number of hydrogen-bond acceptors (Lipinski definition) is 3. The molecule has 2 rings (SSSR count). The van der Waals surface area contributed by atoms with Crippen molar-refractivity contribution >= 4 is 23.2 Å². The van der Waals surface area contributed by atoms with Gasteiger partial charge in [0.05, 0.1) is 6.04 Å². The Morgan fingerprint density at radius 1 is 1.42 bits per heavy atom. The van der Waals surface area contributed by atoms with Gasteiger partial charge >= 0.3 is 0 Å². The maximum atomic E-state index is 11.9. The summed E-state index contributed by atoms with van der Waals surface area (Å²) in [4.78, 5) is 25.2. The first kappa shape index (κ1) is 13.5. The minimum atomic E-state index is -0.555. The summed E-state index contributed by atoms with van der Waals surface area (Å²) in [6, 6.07) is 6.75. The molecule has 3 N–H and O–H groups in total. The van der Waals surface area contributed by atoms with Crippen LogP contribution < -0.4 is 16.0 Å². The van der Waals surface area contributed by atoms with Crippen molar-refractivity contribution in [2.24, 2.45) is 5.73 Å². The fraction of sp³-hybridized carbons (Fsp3) is 0.429. The van der Waals surface area contributed by atoms with Gasteiger partial charge in [-0.1, -0.05) is 6.07 Å². The summed E-state index contributed by atoms with van der Waals surface area (Å²) in [6.07, 6.45) is 2.56. The summed E-state index contributed by atoms with van der Waals surface area (Å²) in [5, 5.41) is 2.73. The largest absolute Gasteiger partial charge is 0.325 e. The van der Waals surface area contributed by atoms with Crippen molar-refractivity contribution in [2.45, 2.75) is 32.2 Å². The second-order valence-electron chi connectivity index (χ2n) is 4.83. The van der Waals surface area contributed by atoms with Crippen LogP contribution in [0.3, 0.4) is 0 Å². The van der Waals surface area contributed by atoms with Gasteiger partial charge in [0.2, 0.25) is 11.8 Å². The van der Waals surface area contributed by atoms with E-state index in [4.69, 9.17) is 5.73 Å². The molecule has 5 nitrogen and oxygen atoms in total. The van der Waals surface area contributed by atoms with Crippen molar-refractivity contribution in [3.05, 3.63) is 24.3 Å². The van der Waals surface area contributed by atoms with Crippen LogP contribution in [0.4, 0.5) is 11.4 Å². The first-order chi connectivity index (χ1) is 9.08. The highest BCUT2D eigenvalue weighted by atomic mass is 16.2. The molecule has 1 aliphatic rings. The lowest BCUT2D eigenvalue weighted by atomic mass is 10.1. The number of nitrogens with zero attached hydrogens (tertiary/aromatic N) is 1. The molecule has 5 heteroatoms. The van der Waals surface area contributed by atoms with E-state index in [9.17, 15) is 9.59 Å². The van der Waals surface area contributed by atoms with E-state index in [1.54, 1.807) is 17.9 Å². The van der Waals surface area contributed by atoms with E-state index in [0.29, 0.717) is 12.1 Å². The van der Waals surface area contributed by atoms with Gasteiger partial charge in [0, 0.05) is 24.3 Å². The minimum Gasteiger partial charge on any atom is -0.325 e. The van der Waals surface area contributed by atoms with Crippen molar-refractivity contribution in [3.8, 4) is 0 Å². The molecule has 19 heavy (non-hydrogen) atoms. The Labute approximate surface area is 112 Å². The SMILES string of the molecule is C[C@@H](N)C(=O)Nc1cccc(N2CCCCC2=O)c1. The normalized spacial score (nSPS) is 17.2. The zero-order valence-electron chi connectivity index (χ0n) is 11.1. The van der Waals surface area contributed by atoms with Crippen molar-refractivity contribution < 1.29 is 9.59 Å². The minimum absolute atomic E-state index is 0.141. The Kier molecular flexibility index (Phi) is 4.16. The number of carbonyl (C=O) groups excluding carboxylic acids is 2. The average Bonchev–Trinajstić information content (AvgIpc) is 2.39. The van der Waals surface area contributed by atoms with Gasteiger partial charge in [-0.25, -0.2) is 0 Å². The molecule has 0 spiro atoms. The van der Waals surface area contributed by atoms with Gasteiger partial charge in [-0.05, 0) is 38.0 Å². The first-order valence-corrected chi connectivity index (χ1v) is 6.55. The Morgan fingerprint density at radius 3 is 2.89 bits per heavy atom. The Balaban J connectivity index is 2.14. The molecule has 0 radical (unpaired) electrons. The van der Waals surface area contributed by atoms with Gasteiger partial charge in [-0.2, -0.15) is 0 Å². The van der Waals surface area contributed by atoms with Crippen LogP contribution in [0.25, 0.3) is 0 Å². The molecule has 102 valence electrons. The molecule has 1 atom stereocenters. The maximum absolute atomic E-state index is 11.9. The van der Waals surface area contributed by atoms with Crippen molar-refractivity contribution in [1.29, 1.82) is 0 Å². The molecule has 0 aliphatic carbocycles. The van der Waals surface area contributed by atoms with Gasteiger partial charge in [0.15, 0.2) is 0 Å². The van der Waals surface area contributed by atoms with Crippen LogP contribution in [-0.4, -0.2) is 24.4 Å². The quantitative estimate of drug-likeness (QED) is 0.865. The highest BCUT2D eigenvalue weighted by Gasteiger charge is 2.19. The molecule has 1 aromatic rings. The Bertz CT molecular complexity index is 485. The van der Waals surface area contributed by atoms with Gasteiger partial charge < -0.3 is 16.0 Å². The summed E-state index contributed by atoms with van der Waals surface area (Å²) in [5.41, 5.74) is 7.00.